The van der Waals surface area contributed by atoms with Gasteiger partial charge in [-0.25, -0.2) is 0 Å². The highest BCUT2D eigenvalue weighted by molar-refractivity contribution is 5.76. The lowest BCUT2D eigenvalue weighted by Crippen LogP contribution is -2.44. The molecule has 1 aliphatic rings. The first-order chi connectivity index (χ1) is 8.48. The van der Waals surface area contributed by atoms with Crippen LogP contribution in [0.3, 0.4) is 0 Å². The third kappa shape index (κ3) is 3.08. The van der Waals surface area contributed by atoms with E-state index in [2.05, 4.69) is 5.10 Å². The number of aromatic nitrogens is 2. The Bertz CT molecular complexity index is 404. The summed E-state index contributed by atoms with van der Waals surface area (Å²) in [7, 11) is 3.85. The normalized spacial score (nSPS) is 23.9. The molecule has 0 spiro atoms. The second kappa shape index (κ2) is 5.07. The fraction of sp³-hybridized carbons (Fsp3) is 0.667. The van der Waals surface area contributed by atoms with Gasteiger partial charge in [0, 0.05) is 25.5 Å². The molecule has 1 saturated heterocycles. The number of hydrogen-bond donors (Lipinski definition) is 1. The molecule has 1 atom stereocenters. The summed E-state index contributed by atoms with van der Waals surface area (Å²) in [5, 5.41) is 14.4. The summed E-state index contributed by atoms with van der Waals surface area (Å²) in [4.78, 5) is 15.7. The highest BCUT2D eigenvalue weighted by Crippen LogP contribution is 2.22. The van der Waals surface area contributed by atoms with Crippen LogP contribution in [0, 0.1) is 0 Å². The number of amides is 1. The van der Waals surface area contributed by atoms with Gasteiger partial charge in [-0.3, -0.25) is 9.48 Å². The highest BCUT2D eigenvalue weighted by Gasteiger charge is 2.38. The van der Waals surface area contributed by atoms with Gasteiger partial charge in [0.1, 0.15) is 6.54 Å². The number of nitrogens with zero attached hydrogens (tertiary/aromatic N) is 4. The molecule has 0 aromatic carbocycles. The summed E-state index contributed by atoms with van der Waals surface area (Å²) < 4.78 is 1.60. The van der Waals surface area contributed by atoms with Crippen molar-refractivity contribution in [2.24, 2.45) is 0 Å². The first-order valence-electron chi connectivity index (χ1n) is 6.11. The molecule has 0 radical (unpaired) electrons. The minimum absolute atomic E-state index is 0.00776. The van der Waals surface area contributed by atoms with Crippen molar-refractivity contribution in [3.63, 3.8) is 0 Å². The SMILES string of the molecule is CN(C)C[C@]1(O)CCN(C(=O)Cn2cccn2)C1. The Kier molecular flexibility index (Phi) is 3.68. The van der Waals surface area contributed by atoms with Crippen LogP contribution in [0.15, 0.2) is 18.5 Å². The molecule has 0 unspecified atom stereocenters. The number of likely N-dealkylation sites (tertiary alicyclic amines) is 1. The van der Waals surface area contributed by atoms with Crippen LogP contribution < -0.4 is 0 Å². The van der Waals surface area contributed by atoms with Gasteiger partial charge in [0.2, 0.25) is 5.91 Å². The van der Waals surface area contributed by atoms with E-state index < -0.39 is 5.60 Å². The Balaban J connectivity index is 1.90. The maximum absolute atomic E-state index is 12.0. The van der Waals surface area contributed by atoms with Crippen molar-refractivity contribution in [3.05, 3.63) is 18.5 Å². The van der Waals surface area contributed by atoms with E-state index in [4.69, 9.17) is 0 Å². The highest BCUT2D eigenvalue weighted by atomic mass is 16.3. The van der Waals surface area contributed by atoms with Crippen molar-refractivity contribution in [2.75, 3.05) is 33.7 Å². The predicted molar refractivity (Wildman–Crippen MR) is 66.9 cm³/mol. The largest absolute Gasteiger partial charge is 0.387 e. The Morgan fingerprint density at radius 3 is 2.94 bits per heavy atom. The van der Waals surface area contributed by atoms with Gasteiger partial charge in [0.15, 0.2) is 0 Å². The molecule has 6 heteroatoms. The average Bonchev–Trinajstić information content (AvgIpc) is 2.87. The lowest BCUT2D eigenvalue weighted by Gasteiger charge is -2.26. The molecule has 1 aromatic heterocycles. The molecule has 2 rings (SSSR count). The second-order valence-electron chi connectivity index (χ2n) is 5.23. The number of aliphatic hydroxyl groups is 1. The molecule has 1 fully saturated rings. The van der Waals surface area contributed by atoms with Gasteiger partial charge >= 0.3 is 0 Å². The molecule has 100 valence electrons. The predicted octanol–water partition coefficient (Wildman–Crippen LogP) is -0.592. The van der Waals surface area contributed by atoms with Crippen LogP contribution in [0.1, 0.15) is 6.42 Å². The lowest BCUT2D eigenvalue weighted by atomic mass is 10.0. The van der Waals surface area contributed by atoms with E-state index in [0.29, 0.717) is 26.1 Å². The molecule has 0 saturated carbocycles. The number of rotatable bonds is 4. The summed E-state index contributed by atoms with van der Waals surface area (Å²) in [6.07, 6.45) is 4.05. The van der Waals surface area contributed by atoms with Crippen molar-refractivity contribution in [2.45, 2.75) is 18.6 Å². The minimum atomic E-state index is -0.775. The van der Waals surface area contributed by atoms with Gasteiger partial charge < -0.3 is 14.9 Å². The Morgan fingerprint density at radius 1 is 1.56 bits per heavy atom. The summed E-state index contributed by atoms with van der Waals surface area (Å²) in [5.74, 6) is 0.00776. The smallest absolute Gasteiger partial charge is 0.244 e. The molecule has 2 heterocycles. The van der Waals surface area contributed by atoms with Crippen molar-refractivity contribution in [1.82, 2.24) is 19.6 Å². The van der Waals surface area contributed by atoms with Gasteiger partial charge in [-0.15, -0.1) is 0 Å². The Morgan fingerprint density at radius 2 is 2.33 bits per heavy atom. The topological polar surface area (TPSA) is 61.6 Å². The molecule has 1 N–H and O–H groups in total. The summed E-state index contributed by atoms with van der Waals surface area (Å²) in [6, 6.07) is 1.79. The summed E-state index contributed by atoms with van der Waals surface area (Å²) in [6.45, 7) is 1.85. The summed E-state index contributed by atoms with van der Waals surface area (Å²) >= 11 is 0. The number of carbonyl (C=O) groups excluding carboxylic acids is 1. The van der Waals surface area contributed by atoms with Crippen LogP contribution in [0.4, 0.5) is 0 Å². The minimum Gasteiger partial charge on any atom is -0.387 e. The molecular weight excluding hydrogens is 232 g/mol. The molecule has 1 aliphatic heterocycles. The van der Waals surface area contributed by atoms with Crippen LogP contribution in [-0.4, -0.2) is 69.9 Å². The van der Waals surface area contributed by atoms with E-state index in [1.807, 2.05) is 19.0 Å². The third-order valence-electron chi connectivity index (χ3n) is 3.15. The van der Waals surface area contributed by atoms with E-state index in [1.165, 1.54) is 0 Å². The van der Waals surface area contributed by atoms with Crippen molar-refractivity contribution in [1.29, 1.82) is 0 Å². The first-order valence-corrected chi connectivity index (χ1v) is 6.11. The third-order valence-corrected chi connectivity index (χ3v) is 3.15. The molecule has 0 aliphatic carbocycles. The molecule has 1 amide bonds. The van der Waals surface area contributed by atoms with E-state index in [0.717, 1.165) is 0 Å². The van der Waals surface area contributed by atoms with Crippen LogP contribution in [0.5, 0.6) is 0 Å². The number of hydrogen-bond acceptors (Lipinski definition) is 4. The number of carbonyl (C=O) groups is 1. The van der Waals surface area contributed by atoms with Crippen LogP contribution in [0.25, 0.3) is 0 Å². The maximum atomic E-state index is 12.0. The van der Waals surface area contributed by atoms with Gasteiger partial charge in [-0.2, -0.15) is 5.10 Å². The standard InChI is InChI=1S/C12H20N4O2/c1-14(2)9-12(18)4-7-15(10-12)11(17)8-16-6-3-5-13-16/h3,5-6,18H,4,7-10H2,1-2H3/t12-/m1/s1. The van der Waals surface area contributed by atoms with Crippen molar-refractivity contribution < 1.29 is 9.90 Å². The maximum Gasteiger partial charge on any atom is 0.244 e. The average molecular weight is 252 g/mol. The van der Waals surface area contributed by atoms with Crippen LogP contribution in [0.2, 0.25) is 0 Å². The fourth-order valence-electron chi connectivity index (χ4n) is 2.42. The van der Waals surface area contributed by atoms with E-state index >= 15 is 0 Å². The zero-order valence-electron chi connectivity index (χ0n) is 10.9. The quantitative estimate of drug-likeness (QED) is 0.778. The lowest BCUT2D eigenvalue weighted by molar-refractivity contribution is -0.132. The fourth-order valence-corrected chi connectivity index (χ4v) is 2.42. The van der Waals surface area contributed by atoms with E-state index in [-0.39, 0.29) is 12.5 Å². The molecule has 1 aromatic rings. The van der Waals surface area contributed by atoms with Crippen LogP contribution >= 0.6 is 0 Å². The Hall–Kier alpha value is -1.40. The molecule has 18 heavy (non-hydrogen) atoms. The monoisotopic (exact) mass is 252 g/mol. The zero-order chi connectivity index (χ0) is 13.2. The molecule has 6 nitrogen and oxygen atoms in total. The molecule has 0 bridgehead atoms. The molecular formula is C12H20N4O2. The van der Waals surface area contributed by atoms with Crippen LogP contribution in [-0.2, 0) is 11.3 Å². The zero-order valence-corrected chi connectivity index (χ0v) is 10.9. The second-order valence-corrected chi connectivity index (χ2v) is 5.23. The van der Waals surface area contributed by atoms with Gasteiger partial charge in [-0.1, -0.05) is 0 Å². The Labute approximate surface area is 107 Å². The van der Waals surface area contributed by atoms with Gasteiger partial charge in [-0.05, 0) is 26.6 Å². The number of β-amino-alcohol motifs (C(OH)–C–C–N with tert-alkyl or cyclic N) is 1. The number of likely N-dealkylation sites (N-methyl/N-ethyl adjacent to an activating group) is 1. The van der Waals surface area contributed by atoms with Gasteiger partial charge in [0.05, 0.1) is 12.1 Å². The van der Waals surface area contributed by atoms with E-state index in [9.17, 15) is 9.90 Å². The summed E-state index contributed by atoms with van der Waals surface area (Å²) in [5.41, 5.74) is -0.775. The first kappa shape index (κ1) is 13.0. The van der Waals surface area contributed by atoms with Gasteiger partial charge in [0.25, 0.3) is 0 Å². The van der Waals surface area contributed by atoms with Crippen molar-refractivity contribution in [3.8, 4) is 0 Å². The van der Waals surface area contributed by atoms with Crippen molar-refractivity contribution >= 4 is 5.91 Å². The van der Waals surface area contributed by atoms with E-state index in [1.54, 1.807) is 28.0 Å².